The van der Waals surface area contributed by atoms with Gasteiger partial charge in [0.25, 0.3) is 11.8 Å². The quantitative estimate of drug-likeness (QED) is 0.515. The maximum absolute atomic E-state index is 12.8. The molecule has 0 saturated carbocycles. The minimum Gasteiger partial charge on any atom is -0.368 e. The van der Waals surface area contributed by atoms with Gasteiger partial charge in [0.1, 0.15) is 0 Å². The molecule has 0 atom stereocenters. The molecule has 0 radical (unpaired) electrons. The normalized spacial score (nSPS) is 10.5. The molecule has 1 aromatic heterocycles. The van der Waals surface area contributed by atoms with Crippen LogP contribution >= 0.6 is 0 Å². The minimum absolute atomic E-state index is 0.197. The summed E-state index contributed by atoms with van der Waals surface area (Å²) in [5.74, 6) is -1.19. The molecule has 0 unspecified atom stereocenters. The van der Waals surface area contributed by atoms with Crippen molar-refractivity contribution in [1.82, 2.24) is 20.4 Å². The van der Waals surface area contributed by atoms with Gasteiger partial charge in [0, 0.05) is 17.8 Å². The van der Waals surface area contributed by atoms with E-state index in [1.54, 1.807) is 24.3 Å². The van der Waals surface area contributed by atoms with Crippen LogP contribution in [0.4, 0.5) is 0 Å². The molecule has 160 valence electrons. The van der Waals surface area contributed by atoms with Crippen LogP contribution in [0.5, 0.6) is 0 Å². The van der Waals surface area contributed by atoms with Crippen molar-refractivity contribution in [2.45, 2.75) is 26.9 Å². The topological polar surface area (TPSA) is 119 Å². The molecule has 0 saturated heterocycles. The predicted octanol–water partition coefficient (Wildman–Crippen LogP) is 1.69. The number of hydrogen-bond donors (Lipinski definition) is 3. The number of hydrogen-bond acceptors (Lipinski definition) is 4. The molecule has 0 aliphatic rings. The molecule has 0 aliphatic carbocycles. The maximum atomic E-state index is 12.8. The lowest BCUT2D eigenvalue weighted by molar-refractivity contribution is -0.117. The average molecular weight is 419 g/mol. The Bertz CT molecular complexity index is 1090. The van der Waals surface area contributed by atoms with E-state index in [0.29, 0.717) is 29.9 Å². The van der Waals surface area contributed by atoms with Crippen LogP contribution in [0.3, 0.4) is 0 Å². The molecule has 4 N–H and O–H groups in total. The van der Waals surface area contributed by atoms with Crippen LogP contribution in [0.25, 0.3) is 0 Å². The zero-order chi connectivity index (χ0) is 22.4. The molecule has 1 heterocycles. The standard InChI is InChI=1S/C23H25N5O3/c1-15-21(16(2)28(27-15)14-18-6-4-3-5-7-18)23(31)25-12-17-8-10-19(11-9-17)22(30)26-13-20(24)29/h3-11H,12-14H2,1-2H3,(H2,24,29)(H,25,31)(H,26,30). The van der Waals surface area contributed by atoms with Crippen LogP contribution in [0.2, 0.25) is 0 Å². The zero-order valence-electron chi connectivity index (χ0n) is 17.5. The highest BCUT2D eigenvalue weighted by Crippen LogP contribution is 2.15. The minimum atomic E-state index is -0.606. The monoisotopic (exact) mass is 419 g/mol. The van der Waals surface area contributed by atoms with Crippen LogP contribution in [-0.4, -0.2) is 34.0 Å². The van der Waals surface area contributed by atoms with E-state index in [4.69, 9.17) is 5.73 Å². The van der Waals surface area contributed by atoms with E-state index >= 15 is 0 Å². The SMILES string of the molecule is Cc1nn(Cc2ccccc2)c(C)c1C(=O)NCc1ccc(C(=O)NCC(N)=O)cc1. The number of carbonyl (C=O) groups is 3. The summed E-state index contributed by atoms with van der Waals surface area (Å²) >= 11 is 0. The van der Waals surface area contributed by atoms with Gasteiger partial charge in [-0.2, -0.15) is 5.10 Å². The summed E-state index contributed by atoms with van der Waals surface area (Å²) in [6, 6.07) is 16.7. The van der Waals surface area contributed by atoms with Gasteiger partial charge in [0.2, 0.25) is 5.91 Å². The number of amides is 3. The summed E-state index contributed by atoms with van der Waals surface area (Å²) in [6.45, 7) is 4.40. The Labute approximate surface area is 180 Å². The van der Waals surface area contributed by atoms with Gasteiger partial charge in [-0.3, -0.25) is 19.1 Å². The van der Waals surface area contributed by atoms with E-state index in [9.17, 15) is 14.4 Å². The second-order valence-corrected chi connectivity index (χ2v) is 7.22. The van der Waals surface area contributed by atoms with Gasteiger partial charge in [-0.25, -0.2) is 0 Å². The smallest absolute Gasteiger partial charge is 0.255 e. The van der Waals surface area contributed by atoms with E-state index in [1.165, 1.54) is 0 Å². The molecule has 3 rings (SSSR count). The lowest BCUT2D eigenvalue weighted by atomic mass is 10.1. The predicted molar refractivity (Wildman–Crippen MR) is 116 cm³/mol. The third-order valence-electron chi connectivity index (χ3n) is 4.88. The van der Waals surface area contributed by atoms with Gasteiger partial charge in [-0.15, -0.1) is 0 Å². The summed E-state index contributed by atoms with van der Waals surface area (Å²) in [5.41, 5.74) is 9.43. The van der Waals surface area contributed by atoms with E-state index in [-0.39, 0.29) is 18.4 Å². The number of nitrogens with two attached hydrogens (primary N) is 1. The number of primary amides is 1. The lowest BCUT2D eigenvalue weighted by Crippen LogP contribution is -2.33. The van der Waals surface area contributed by atoms with Crippen molar-refractivity contribution >= 4 is 17.7 Å². The largest absolute Gasteiger partial charge is 0.368 e. The van der Waals surface area contributed by atoms with E-state index in [2.05, 4.69) is 15.7 Å². The Morgan fingerprint density at radius 2 is 1.58 bits per heavy atom. The lowest BCUT2D eigenvalue weighted by Gasteiger charge is -2.08. The number of carbonyl (C=O) groups excluding carboxylic acids is 3. The van der Waals surface area contributed by atoms with Crippen LogP contribution in [0.15, 0.2) is 54.6 Å². The summed E-state index contributed by atoms with van der Waals surface area (Å²) in [5, 5.41) is 9.86. The Balaban J connectivity index is 1.62. The molecule has 3 aromatic rings. The average Bonchev–Trinajstić information content (AvgIpc) is 3.04. The van der Waals surface area contributed by atoms with Gasteiger partial charge >= 0.3 is 0 Å². The fourth-order valence-corrected chi connectivity index (χ4v) is 3.25. The first-order chi connectivity index (χ1) is 14.8. The summed E-state index contributed by atoms with van der Waals surface area (Å²) in [7, 11) is 0. The van der Waals surface area contributed by atoms with Crippen molar-refractivity contribution in [3.63, 3.8) is 0 Å². The molecule has 2 aromatic carbocycles. The fraction of sp³-hybridized carbons (Fsp3) is 0.217. The first-order valence-electron chi connectivity index (χ1n) is 9.86. The van der Waals surface area contributed by atoms with Crippen molar-refractivity contribution in [2.75, 3.05) is 6.54 Å². The van der Waals surface area contributed by atoms with Gasteiger partial charge in [0.15, 0.2) is 0 Å². The fourth-order valence-electron chi connectivity index (χ4n) is 3.25. The van der Waals surface area contributed by atoms with Crippen molar-refractivity contribution in [2.24, 2.45) is 5.73 Å². The molecule has 3 amide bonds. The van der Waals surface area contributed by atoms with Gasteiger partial charge in [0.05, 0.1) is 24.3 Å². The molecule has 0 spiro atoms. The second-order valence-electron chi connectivity index (χ2n) is 7.22. The summed E-state index contributed by atoms with van der Waals surface area (Å²) in [6.07, 6.45) is 0. The van der Waals surface area contributed by atoms with Crippen molar-refractivity contribution < 1.29 is 14.4 Å². The molecule has 8 nitrogen and oxygen atoms in total. The van der Waals surface area contributed by atoms with E-state index in [1.807, 2.05) is 48.9 Å². The number of aryl methyl sites for hydroxylation is 1. The number of benzene rings is 2. The maximum Gasteiger partial charge on any atom is 0.255 e. The molecule has 0 bridgehead atoms. The number of nitrogens with one attached hydrogen (secondary N) is 2. The third-order valence-corrected chi connectivity index (χ3v) is 4.88. The molecule has 8 heteroatoms. The van der Waals surface area contributed by atoms with Gasteiger partial charge in [-0.1, -0.05) is 42.5 Å². The molecule has 0 aliphatic heterocycles. The van der Waals surface area contributed by atoms with Crippen molar-refractivity contribution in [3.8, 4) is 0 Å². The molecular weight excluding hydrogens is 394 g/mol. The van der Waals surface area contributed by atoms with Crippen molar-refractivity contribution in [3.05, 3.63) is 88.2 Å². The van der Waals surface area contributed by atoms with Crippen LogP contribution in [-0.2, 0) is 17.9 Å². The van der Waals surface area contributed by atoms with E-state index < -0.39 is 5.91 Å². The number of rotatable bonds is 8. The summed E-state index contributed by atoms with van der Waals surface area (Å²) < 4.78 is 1.83. The molecule has 31 heavy (non-hydrogen) atoms. The Morgan fingerprint density at radius 1 is 0.903 bits per heavy atom. The Hall–Kier alpha value is -3.94. The third kappa shape index (κ3) is 5.57. The van der Waals surface area contributed by atoms with Gasteiger partial charge in [-0.05, 0) is 37.1 Å². The zero-order valence-corrected chi connectivity index (χ0v) is 17.5. The first kappa shape index (κ1) is 21.8. The Kier molecular flexibility index (Phi) is 6.81. The highest BCUT2D eigenvalue weighted by Gasteiger charge is 2.18. The van der Waals surface area contributed by atoms with Gasteiger partial charge < -0.3 is 16.4 Å². The highest BCUT2D eigenvalue weighted by atomic mass is 16.2. The molecular formula is C23H25N5O3. The Morgan fingerprint density at radius 3 is 2.23 bits per heavy atom. The number of aromatic nitrogens is 2. The first-order valence-corrected chi connectivity index (χ1v) is 9.86. The summed E-state index contributed by atoms with van der Waals surface area (Å²) in [4.78, 5) is 35.5. The van der Waals surface area contributed by atoms with Crippen LogP contribution in [0.1, 0.15) is 43.2 Å². The number of nitrogens with zero attached hydrogens (tertiary/aromatic N) is 2. The highest BCUT2D eigenvalue weighted by molar-refractivity contribution is 5.97. The van der Waals surface area contributed by atoms with E-state index in [0.717, 1.165) is 16.8 Å². The van der Waals surface area contributed by atoms with Crippen LogP contribution in [0, 0.1) is 13.8 Å². The van der Waals surface area contributed by atoms with Crippen molar-refractivity contribution in [1.29, 1.82) is 0 Å². The second kappa shape index (κ2) is 9.71. The molecule has 0 fully saturated rings. The van der Waals surface area contributed by atoms with Crippen LogP contribution < -0.4 is 16.4 Å².